The maximum Gasteiger partial charge on any atom is 0.138 e. The van der Waals surface area contributed by atoms with Crippen molar-refractivity contribution in [3.8, 4) is 11.5 Å². The predicted molar refractivity (Wildman–Crippen MR) is 95.9 cm³/mol. The zero-order valence-electron chi connectivity index (χ0n) is 13.4. The van der Waals surface area contributed by atoms with Crippen LogP contribution in [0.4, 0.5) is 0 Å². The molecule has 21 heavy (non-hydrogen) atoms. The highest BCUT2D eigenvalue weighted by atomic mass is 28.3. The van der Waals surface area contributed by atoms with Crippen LogP contribution in [0.25, 0.3) is 10.8 Å². The Morgan fingerprint density at radius 3 is 2.33 bits per heavy atom. The second-order valence-electron chi connectivity index (χ2n) is 5.65. The molecule has 2 aromatic rings. The molecule has 0 aliphatic heterocycles. The topological polar surface area (TPSA) is 26.0 Å². The summed E-state index contributed by atoms with van der Waals surface area (Å²) < 4.78 is 0. The van der Waals surface area contributed by atoms with Gasteiger partial charge in [0.15, 0.2) is 0 Å². The fourth-order valence-electron chi connectivity index (χ4n) is 2.81. The van der Waals surface area contributed by atoms with Crippen LogP contribution in [0, 0.1) is 11.5 Å². The van der Waals surface area contributed by atoms with Gasteiger partial charge in [-0.05, 0) is 46.6 Å². The Hall–Kier alpha value is -1.56. The highest BCUT2D eigenvalue weighted by Crippen LogP contribution is 2.21. The van der Waals surface area contributed by atoms with E-state index in [0.717, 1.165) is 5.56 Å². The molecular weight excluding hydrogens is 270 g/mol. The third-order valence-electron chi connectivity index (χ3n) is 4.69. The summed E-state index contributed by atoms with van der Waals surface area (Å²) in [6.45, 7) is 7.45. The molecule has 0 unspecified atom stereocenters. The van der Waals surface area contributed by atoms with Crippen LogP contribution >= 0.6 is 0 Å². The summed E-state index contributed by atoms with van der Waals surface area (Å²) in [5, 5.41) is 2.48. The fourth-order valence-corrected chi connectivity index (χ4v) is 5.25. The predicted octanol–water partition coefficient (Wildman–Crippen LogP) is 4.70. The Kier molecular flexibility index (Phi) is 5.22. The van der Waals surface area contributed by atoms with Gasteiger partial charge in [0.25, 0.3) is 0 Å². The van der Waals surface area contributed by atoms with E-state index in [9.17, 15) is 0 Å². The largest absolute Gasteiger partial charge is 0.326 e. The van der Waals surface area contributed by atoms with Crippen molar-refractivity contribution < 1.29 is 0 Å². The van der Waals surface area contributed by atoms with Gasteiger partial charge in [0, 0.05) is 12.1 Å². The Morgan fingerprint density at radius 1 is 1.00 bits per heavy atom. The molecule has 0 heterocycles. The second kappa shape index (κ2) is 6.93. The van der Waals surface area contributed by atoms with Crippen molar-refractivity contribution in [2.24, 2.45) is 5.73 Å². The first kappa shape index (κ1) is 15.8. The Bertz CT molecular complexity index is 666. The van der Waals surface area contributed by atoms with Crippen molar-refractivity contribution in [2.75, 3.05) is 0 Å². The van der Waals surface area contributed by atoms with Gasteiger partial charge in [-0.15, -0.1) is 5.54 Å². The standard InChI is InChI=1S/C19H25NSi/c1-4-21(5-2,6-3)13-12-16-10-11-17-8-7-9-18(15-20)19(17)14-16/h7-11,14H,4-6,15,20H2,1-3H3. The summed E-state index contributed by atoms with van der Waals surface area (Å²) in [7, 11) is -1.38. The van der Waals surface area contributed by atoms with E-state index in [2.05, 4.69) is 68.6 Å². The van der Waals surface area contributed by atoms with Gasteiger partial charge in [-0.1, -0.05) is 51.0 Å². The van der Waals surface area contributed by atoms with Crippen LogP contribution in [0.5, 0.6) is 0 Å². The van der Waals surface area contributed by atoms with Crippen LogP contribution in [0.15, 0.2) is 36.4 Å². The molecule has 2 heteroatoms. The van der Waals surface area contributed by atoms with Gasteiger partial charge in [-0.25, -0.2) is 0 Å². The minimum atomic E-state index is -1.38. The van der Waals surface area contributed by atoms with E-state index in [1.165, 1.54) is 34.5 Å². The quantitative estimate of drug-likeness (QED) is 0.642. The zero-order valence-corrected chi connectivity index (χ0v) is 14.4. The monoisotopic (exact) mass is 295 g/mol. The highest BCUT2D eigenvalue weighted by Gasteiger charge is 2.24. The van der Waals surface area contributed by atoms with Gasteiger partial charge in [0.2, 0.25) is 0 Å². The minimum Gasteiger partial charge on any atom is -0.326 e. The normalized spacial score (nSPS) is 11.2. The van der Waals surface area contributed by atoms with Crippen molar-refractivity contribution in [1.29, 1.82) is 0 Å². The number of benzene rings is 2. The molecule has 0 aromatic heterocycles. The summed E-state index contributed by atoms with van der Waals surface area (Å²) in [6.07, 6.45) is 0. The van der Waals surface area contributed by atoms with Gasteiger partial charge in [-0.2, -0.15) is 0 Å². The van der Waals surface area contributed by atoms with Crippen molar-refractivity contribution in [1.82, 2.24) is 0 Å². The number of nitrogens with two attached hydrogens (primary N) is 1. The molecule has 0 saturated heterocycles. The summed E-state index contributed by atoms with van der Waals surface area (Å²) in [5.74, 6) is 3.45. The van der Waals surface area contributed by atoms with Crippen LogP contribution in [-0.4, -0.2) is 8.07 Å². The van der Waals surface area contributed by atoms with Gasteiger partial charge >= 0.3 is 0 Å². The first-order valence-electron chi connectivity index (χ1n) is 7.93. The summed E-state index contributed by atoms with van der Waals surface area (Å²) in [4.78, 5) is 0. The molecule has 0 aliphatic carbocycles. The van der Waals surface area contributed by atoms with Crippen LogP contribution in [0.2, 0.25) is 18.1 Å². The summed E-state index contributed by atoms with van der Waals surface area (Å²) in [6, 6.07) is 16.5. The number of rotatable bonds is 4. The Labute approximate surface area is 129 Å². The molecule has 0 atom stereocenters. The van der Waals surface area contributed by atoms with Crippen molar-refractivity contribution in [3.63, 3.8) is 0 Å². The molecule has 110 valence electrons. The van der Waals surface area contributed by atoms with E-state index in [-0.39, 0.29) is 0 Å². The molecule has 0 fully saturated rings. The fraction of sp³-hybridized carbons (Fsp3) is 0.368. The zero-order chi connectivity index (χ0) is 15.3. The molecule has 2 N–H and O–H groups in total. The average molecular weight is 296 g/mol. The third kappa shape index (κ3) is 3.37. The Morgan fingerprint density at radius 2 is 1.71 bits per heavy atom. The molecule has 0 saturated carbocycles. The lowest BCUT2D eigenvalue weighted by atomic mass is 10.0. The lowest BCUT2D eigenvalue weighted by molar-refractivity contribution is 1.09. The molecule has 2 rings (SSSR count). The SMILES string of the molecule is CC[Si](C#Cc1ccc2cccc(CN)c2c1)(CC)CC. The van der Waals surface area contributed by atoms with Crippen LogP contribution in [0.3, 0.4) is 0 Å². The van der Waals surface area contributed by atoms with E-state index < -0.39 is 8.07 Å². The first-order valence-corrected chi connectivity index (χ1v) is 10.5. The average Bonchev–Trinajstić information content (AvgIpc) is 2.56. The van der Waals surface area contributed by atoms with E-state index in [0.29, 0.717) is 6.54 Å². The lowest BCUT2D eigenvalue weighted by Gasteiger charge is -2.20. The van der Waals surface area contributed by atoms with Gasteiger partial charge in [0.05, 0.1) is 0 Å². The summed E-state index contributed by atoms with van der Waals surface area (Å²) >= 11 is 0. The maximum absolute atomic E-state index is 5.84. The van der Waals surface area contributed by atoms with Crippen LogP contribution in [-0.2, 0) is 6.54 Å². The molecule has 0 spiro atoms. The van der Waals surface area contributed by atoms with Crippen molar-refractivity contribution >= 4 is 18.8 Å². The molecule has 0 bridgehead atoms. The lowest BCUT2D eigenvalue weighted by Crippen LogP contribution is -2.29. The molecular formula is C19H25NSi. The van der Waals surface area contributed by atoms with Gasteiger partial charge < -0.3 is 5.73 Å². The number of fused-ring (bicyclic) bond motifs is 1. The second-order valence-corrected chi connectivity index (χ2v) is 10.6. The van der Waals surface area contributed by atoms with Crippen LogP contribution in [0.1, 0.15) is 31.9 Å². The van der Waals surface area contributed by atoms with Gasteiger partial charge in [-0.3, -0.25) is 0 Å². The van der Waals surface area contributed by atoms with E-state index in [1.807, 2.05) is 0 Å². The minimum absolute atomic E-state index is 0.575. The van der Waals surface area contributed by atoms with Crippen LogP contribution < -0.4 is 5.73 Å². The van der Waals surface area contributed by atoms with E-state index in [1.54, 1.807) is 0 Å². The smallest absolute Gasteiger partial charge is 0.138 e. The maximum atomic E-state index is 5.84. The molecule has 0 radical (unpaired) electrons. The molecule has 1 nitrogen and oxygen atoms in total. The Balaban J connectivity index is 2.45. The number of hydrogen-bond acceptors (Lipinski definition) is 1. The van der Waals surface area contributed by atoms with Gasteiger partial charge in [0.1, 0.15) is 8.07 Å². The molecule has 0 aliphatic rings. The summed E-state index contributed by atoms with van der Waals surface area (Å²) in [5.41, 5.74) is 11.8. The van der Waals surface area contributed by atoms with Crippen molar-refractivity contribution in [2.45, 2.75) is 45.4 Å². The third-order valence-corrected chi connectivity index (χ3v) is 9.41. The first-order chi connectivity index (χ1) is 10.2. The molecule has 0 amide bonds. The molecule has 2 aromatic carbocycles. The van der Waals surface area contributed by atoms with E-state index in [4.69, 9.17) is 5.73 Å². The number of hydrogen-bond donors (Lipinski definition) is 1. The van der Waals surface area contributed by atoms with E-state index >= 15 is 0 Å². The van der Waals surface area contributed by atoms with Crippen molar-refractivity contribution in [3.05, 3.63) is 47.5 Å². The highest BCUT2D eigenvalue weighted by molar-refractivity contribution is 6.87.